The first kappa shape index (κ1) is 21.8. The van der Waals surface area contributed by atoms with Crippen molar-refractivity contribution in [3.05, 3.63) is 41.2 Å². The van der Waals surface area contributed by atoms with Gasteiger partial charge in [-0.2, -0.15) is 10.2 Å². The van der Waals surface area contributed by atoms with Gasteiger partial charge in [-0.3, -0.25) is 4.79 Å². The number of hydrogen-bond donors (Lipinski definition) is 1. The van der Waals surface area contributed by atoms with Crippen molar-refractivity contribution in [2.75, 3.05) is 31.1 Å². The highest BCUT2D eigenvalue weighted by Gasteiger charge is 2.29. The van der Waals surface area contributed by atoms with E-state index < -0.39 is 0 Å². The van der Waals surface area contributed by atoms with Crippen LogP contribution in [0.4, 0.5) is 5.82 Å². The lowest BCUT2D eigenvalue weighted by atomic mass is 9.95. The number of ether oxygens (including phenoxy) is 1. The Morgan fingerprint density at radius 3 is 2.55 bits per heavy atom. The number of aryl methyl sites for hydroxylation is 3. The zero-order valence-corrected chi connectivity index (χ0v) is 19.7. The highest BCUT2D eigenvalue weighted by Crippen LogP contribution is 2.31. The summed E-state index contributed by atoms with van der Waals surface area (Å²) < 4.78 is 7.60. The molecule has 2 aliphatic rings. The Bertz CT molecular complexity index is 1140. The van der Waals surface area contributed by atoms with Gasteiger partial charge in [0.25, 0.3) is 0 Å². The van der Waals surface area contributed by atoms with Crippen molar-refractivity contribution < 1.29 is 9.53 Å². The first-order chi connectivity index (χ1) is 16.0. The van der Waals surface area contributed by atoms with Crippen LogP contribution in [-0.2, 0) is 9.53 Å². The van der Waals surface area contributed by atoms with E-state index >= 15 is 0 Å². The third-order valence-corrected chi connectivity index (χ3v) is 6.96. The highest BCUT2D eigenvalue weighted by atomic mass is 16.5. The number of carbonyl (C=O) groups is 1. The van der Waals surface area contributed by atoms with Gasteiger partial charge in [0.2, 0.25) is 5.91 Å². The number of hydrogen-bond acceptors (Lipinski definition) is 6. The number of fused-ring (bicyclic) bond motifs is 1. The Morgan fingerprint density at radius 1 is 1.09 bits per heavy atom. The Labute approximate surface area is 194 Å². The molecule has 2 aromatic heterocycles. The Hall–Kier alpha value is -3.00. The van der Waals surface area contributed by atoms with Gasteiger partial charge in [-0.1, -0.05) is 17.7 Å². The average Bonchev–Trinajstić information content (AvgIpc) is 3.47. The monoisotopic (exact) mass is 448 g/mol. The van der Waals surface area contributed by atoms with E-state index in [4.69, 9.17) is 9.84 Å². The summed E-state index contributed by atoms with van der Waals surface area (Å²) >= 11 is 0. The number of piperidine rings is 1. The van der Waals surface area contributed by atoms with E-state index in [0.717, 1.165) is 79.2 Å². The lowest BCUT2D eigenvalue weighted by Crippen LogP contribution is -2.42. The van der Waals surface area contributed by atoms with Gasteiger partial charge in [-0.15, -0.1) is 5.10 Å². The molecule has 0 unspecified atom stereocenters. The van der Waals surface area contributed by atoms with Crippen molar-refractivity contribution in [2.45, 2.75) is 52.6 Å². The van der Waals surface area contributed by atoms with Gasteiger partial charge in [-0.05, 0) is 58.6 Å². The molecule has 4 heterocycles. The van der Waals surface area contributed by atoms with E-state index in [1.54, 1.807) is 0 Å². The molecule has 33 heavy (non-hydrogen) atoms. The minimum Gasteiger partial charge on any atom is -0.376 e. The maximum atomic E-state index is 12.7. The highest BCUT2D eigenvalue weighted by molar-refractivity contribution is 5.92. The first-order valence-electron chi connectivity index (χ1n) is 11.9. The van der Waals surface area contributed by atoms with Crippen LogP contribution in [0.5, 0.6) is 0 Å². The summed E-state index contributed by atoms with van der Waals surface area (Å²) in [5.41, 5.74) is 5.07. The fourth-order valence-corrected chi connectivity index (χ4v) is 4.98. The quantitative estimate of drug-likeness (QED) is 0.645. The Morgan fingerprint density at radius 2 is 1.85 bits per heavy atom. The van der Waals surface area contributed by atoms with Gasteiger partial charge < -0.3 is 15.0 Å². The molecule has 1 N–H and O–H groups in total. The normalized spacial score (nSPS) is 19.4. The summed E-state index contributed by atoms with van der Waals surface area (Å²) in [6.45, 7) is 9.11. The SMILES string of the molecule is Cc1ccc(-n2nc3c(N4CCC(C(=O)NC[C@@H]5CCCO5)CC4)nnc(C)c3c2C)cc1. The minimum absolute atomic E-state index is 0.0309. The van der Waals surface area contributed by atoms with E-state index in [1.165, 1.54) is 5.56 Å². The number of benzene rings is 1. The van der Waals surface area contributed by atoms with E-state index in [9.17, 15) is 4.79 Å². The molecule has 1 atom stereocenters. The van der Waals surface area contributed by atoms with Crippen LogP contribution in [0.2, 0.25) is 0 Å². The van der Waals surface area contributed by atoms with Crippen molar-refractivity contribution in [3.63, 3.8) is 0 Å². The minimum atomic E-state index is 0.0309. The van der Waals surface area contributed by atoms with Crippen molar-refractivity contribution in [1.29, 1.82) is 0 Å². The number of rotatable bonds is 5. The molecule has 1 amide bonds. The van der Waals surface area contributed by atoms with E-state index in [-0.39, 0.29) is 17.9 Å². The van der Waals surface area contributed by atoms with Gasteiger partial charge in [0.1, 0.15) is 5.52 Å². The van der Waals surface area contributed by atoms with Crippen LogP contribution in [0.3, 0.4) is 0 Å². The fraction of sp³-hybridized carbons (Fsp3) is 0.520. The van der Waals surface area contributed by atoms with Crippen molar-refractivity contribution >= 4 is 22.6 Å². The summed E-state index contributed by atoms with van der Waals surface area (Å²) in [6.07, 6.45) is 3.90. The topological polar surface area (TPSA) is 85.2 Å². The number of aromatic nitrogens is 4. The molecule has 0 spiro atoms. The molecule has 0 saturated carbocycles. The molecule has 0 aliphatic carbocycles. The maximum Gasteiger partial charge on any atom is 0.223 e. The van der Waals surface area contributed by atoms with Crippen molar-refractivity contribution in [1.82, 2.24) is 25.3 Å². The van der Waals surface area contributed by atoms with Crippen LogP contribution in [0.25, 0.3) is 16.6 Å². The molecular formula is C25H32N6O2. The third kappa shape index (κ3) is 4.31. The molecule has 8 heteroatoms. The predicted octanol–water partition coefficient (Wildman–Crippen LogP) is 3.25. The number of nitrogens with one attached hydrogen (secondary N) is 1. The zero-order chi connectivity index (χ0) is 22.9. The van der Waals surface area contributed by atoms with Crippen LogP contribution >= 0.6 is 0 Å². The number of nitrogens with zero attached hydrogens (tertiary/aromatic N) is 5. The van der Waals surface area contributed by atoms with E-state index in [2.05, 4.69) is 58.5 Å². The predicted molar refractivity (Wildman–Crippen MR) is 128 cm³/mol. The number of amides is 1. The molecule has 2 aliphatic heterocycles. The summed E-state index contributed by atoms with van der Waals surface area (Å²) in [6, 6.07) is 8.37. The van der Waals surface area contributed by atoms with Crippen molar-refractivity contribution in [3.8, 4) is 5.69 Å². The number of anilines is 1. The van der Waals surface area contributed by atoms with Gasteiger partial charge in [-0.25, -0.2) is 4.68 Å². The molecule has 3 aromatic rings. The summed E-state index contributed by atoms with van der Waals surface area (Å²) in [5.74, 6) is 0.982. The molecule has 0 radical (unpaired) electrons. The Balaban J connectivity index is 1.33. The second-order valence-corrected chi connectivity index (χ2v) is 9.31. The van der Waals surface area contributed by atoms with Gasteiger partial charge in [0.05, 0.1) is 28.6 Å². The lowest BCUT2D eigenvalue weighted by molar-refractivity contribution is -0.126. The van der Waals surface area contributed by atoms with Crippen LogP contribution in [0, 0.1) is 26.7 Å². The zero-order valence-electron chi connectivity index (χ0n) is 19.7. The van der Waals surface area contributed by atoms with E-state index in [0.29, 0.717) is 6.54 Å². The van der Waals surface area contributed by atoms with Gasteiger partial charge in [0.15, 0.2) is 5.82 Å². The lowest BCUT2D eigenvalue weighted by Gasteiger charge is -2.32. The largest absolute Gasteiger partial charge is 0.376 e. The first-order valence-corrected chi connectivity index (χ1v) is 11.9. The molecular weight excluding hydrogens is 416 g/mol. The molecule has 2 saturated heterocycles. The third-order valence-electron chi connectivity index (χ3n) is 6.96. The van der Waals surface area contributed by atoms with E-state index in [1.807, 2.05) is 11.6 Å². The van der Waals surface area contributed by atoms with Crippen LogP contribution in [0.1, 0.15) is 42.6 Å². The van der Waals surface area contributed by atoms with Crippen molar-refractivity contribution in [2.24, 2.45) is 5.92 Å². The standard InChI is InChI=1S/C25H32N6O2/c1-16-6-8-20(9-7-16)31-18(3)22-17(2)27-28-24(23(22)29-31)30-12-10-19(11-13-30)25(32)26-15-21-5-4-14-33-21/h6-9,19,21H,4-5,10-15H2,1-3H3,(H,26,32)/t21-/m0/s1. The molecule has 2 fully saturated rings. The van der Waals surface area contributed by atoms with Crippen LogP contribution in [-0.4, -0.2) is 58.2 Å². The molecule has 1 aromatic carbocycles. The molecule has 0 bridgehead atoms. The maximum absolute atomic E-state index is 12.7. The van der Waals surface area contributed by atoms with Gasteiger partial charge in [0, 0.05) is 32.2 Å². The molecule has 5 rings (SSSR count). The summed E-state index contributed by atoms with van der Waals surface area (Å²) in [5, 5.41) is 18.1. The second kappa shape index (κ2) is 9.09. The van der Waals surface area contributed by atoms with Gasteiger partial charge >= 0.3 is 0 Å². The number of carbonyl (C=O) groups excluding carboxylic acids is 1. The molecule has 174 valence electrons. The second-order valence-electron chi connectivity index (χ2n) is 9.31. The Kier molecular flexibility index (Phi) is 6.01. The summed E-state index contributed by atoms with van der Waals surface area (Å²) in [7, 11) is 0. The smallest absolute Gasteiger partial charge is 0.223 e. The average molecular weight is 449 g/mol. The van der Waals surface area contributed by atoms with Crippen LogP contribution in [0.15, 0.2) is 24.3 Å². The summed E-state index contributed by atoms with van der Waals surface area (Å²) in [4.78, 5) is 14.9. The fourth-order valence-electron chi connectivity index (χ4n) is 4.98. The molecule has 8 nitrogen and oxygen atoms in total. The van der Waals surface area contributed by atoms with Crippen LogP contribution < -0.4 is 10.2 Å².